The highest BCUT2D eigenvalue weighted by Gasteiger charge is 2.04. The van der Waals surface area contributed by atoms with E-state index in [2.05, 4.69) is 0 Å². The standard InChI is InChI=1S/C7H10N2O/c1-10-7(4-6-9)3-2-5-8/h7H,2-4H2,1H3/t7-/m1/s1. The smallest absolute Gasteiger partial charge is 0.0711 e. The fourth-order valence-electron chi connectivity index (χ4n) is 0.631. The van der Waals surface area contributed by atoms with Crippen LogP contribution in [-0.2, 0) is 4.74 Å². The van der Waals surface area contributed by atoms with Gasteiger partial charge in [-0.25, -0.2) is 0 Å². The van der Waals surface area contributed by atoms with Gasteiger partial charge in [-0.15, -0.1) is 0 Å². The maximum Gasteiger partial charge on any atom is 0.0711 e. The Balaban J connectivity index is 3.44. The van der Waals surface area contributed by atoms with Crippen molar-refractivity contribution < 1.29 is 4.74 Å². The van der Waals surface area contributed by atoms with E-state index in [1.807, 2.05) is 12.1 Å². The Hall–Kier alpha value is -1.06. The molecule has 0 aromatic heterocycles. The quantitative estimate of drug-likeness (QED) is 0.586. The predicted molar refractivity (Wildman–Crippen MR) is 35.9 cm³/mol. The molecule has 0 aliphatic rings. The van der Waals surface area contributed by atoms with Gasteiger partial charge in [0.05, 0.1) is 24.7 Å². The van der Waals surface area contributed by atoms with Crippen LogP contribution in [0.4, 0.5) is 0 Å². The van der Waals surface area contributed by atoms with Crippen molar-refractivity contribution in [2.24, 2.45) is 0 Å². The van der Waals surface area contributed by atoms with Crippen LogP contribution in [0.15, 0.2) is 0 Å². The Kier molecular flexibility index (Phi) is 5.42. The third-order valence-electron chi connectivity index (χ3n) is 1.23. The van der Waals surface area contributed by atoms with Crippen molar-refractivity contribution >= 4 is 0 Å². The van der Waals surface area contributed by atoms with Crippen molar-refractivity contribution in [2.45, 2.75) is 25.4 Å². The van der Waals surface area contributed by atoms with Crippen LogP contribution in [0, 0.1) is 22.7 Å². The molecule has 0 saturated heterocycles. The average Bonchev–Trinajstić information content (AvgIpc) is 1.98. The summed E-state index contributed by atoms with van der Waals surface area (Å²) in [6, 6.07) is 3.99. The fraction of sp³-hybridized carbons (Fsp3) is 0.714. The largest absolute Gasteiger partial charge is 0.380 e. The van der Waals surface area contributed by atoms with Crippen molar-refractivity contribution in [1.29, 1.82) is 10.5 Å². The summed E-state index contributed by atoms with van der Waals surface area (Å²) in [5.74, 6) is 0. The zero-order chi connectivity index (χ0) is 7.82. The van der Waals surface area contributed by atoms with Gasteiger partial charge in [0.25, 0.3) is 0 Å². The molecule has 54 valence electrons. The number of ether oxygens (including phenoxy) is 1. The summed E-state index contributed by atoms with van der Waals surface area (Å²) >= 11 is 0. The first kappa shape index (κ1) is 8.94. The van der Waals surface area contributed by atoms with E-state index in [0.717, 1.165) is 0 Å². The molecule has 0 aromatic rings. The minimum absolute atomic E-state index is 0.0651. The van der Waals surface area contributed by atoms with Crippen molar-refractivity contribution in [1.82, 2.24) is 0 Å². The van der Waals surface area contributed by atoms with Crippen LogP contribution in [0.2, 0.25) is 0 Å². The second-order valence-corrected chi connectivity index (χ2v) is 1.92. The highest BCUT2D eigenvalue weighted by Crippen LogP contribution is 2.03. The maximum atomic E-state index is 8.25. The number of rotatable bonds is 4. The van der Waals surface area contributed by atoms with Gasteiger partial charge in [0, 0.05) is 13.5 Å². The first-order chi connectivity index (χ1) is 4.85. The Morgan fingerprint density at radius 1 is 1.40 bits per heavy atom. The van der Waals surface area contributed by atoms with E-state index in [-0.39, 0.29) is 6.10 Å². The minimum atomic E-state index is -0.0651. The molecule has 0 N–H and O–H groups in total. The highest BCUT2D eigenvalue weighted by atomic mass is 16.5. The average molecular weight is 138 g/mol. The van der Waals surface area contributed by atoms with Gasteiger partial charge in [-0.1, -0.05) is 0 Å². The van der Waals surface area contributed by atoms with Crippen LogP contribution in [0.25, 0.3) is 0 Å². The van der Waals surface area contributed by atoms with Crippen LogP contribution in [0.5, 0.6) is 0 Å². The minimum Gasteiger partial charge on any atom is -0.380 e. The van der Waals surface area contributed by atoms with Crippen molar-refractivity contribution in [2.75, 3.05) is 7.11 Å². The third kappa shape index (κ3) is 3.88. The lowest BCUT2D eigenvalue weighted by Gasteiger charge is -2.07. The lowest BCUT2D eigenvalue weighted by molar-refractivity contribution is 0.100. The summed E-state index contributed by atoms with van der Waals surface area (Å²) in [6.45, 7) is 0. The Labute approximate surface area is 60.8 Å². The second-order valence-electron chi connectivity index (χ2n) is 1.92. The molecule has 0 aromatic carbocycles. The summed E-state index contributed by atoms with van der Waals surface area (Å²) in [7, 11) is 1.55. The molecule has 1 atom stereocenters. The number of hydrogen-bond donors (Lipinski definition) is 0. The molecule has 0 unspecified atom stereocenters. The molecule has 0 aliphatic heterocycles. The van der Waals surface area contributed by atoms with E-state index in [9.17, 15) is 0 Å². The van der Waals surface area contributed by atoms with Crippen LogP contribution in [-0.4, -0.2) is 13.2 Å². The van der Waals surface area contributed by atoms with Gasteiger partial charge in [-0.2, -0.15) is 10.5 Å². The van der Waals surface area contributed by atoms with Crippen LogP contribution < -0.4 is 0 Å². The normalized spacial score (nSPS) is 11.5. The molecule has 0 aliphatic carbocycles. The maximum absolute atomic E-state index is 8.25. The van der Waals surface area contributed by atoms with E-state index < -0.39 is 0 Å². The summed E-state index contributed by atoms with van der Waals surface area (Å²) in [5.41, 5.74) is 0. The van der Waals surface area contributed by atoms with Gasteiger partial charge in [0.1, 0.15) is 0 Å². The molecule has 0 heterocycles. The molecule has 0 fully saturated rings. The molecular weight excluding hydrogens is 128 g/mol. The fourth-order valence-corrected chi connectivity index (χ4v) is 0.631. The molecular formula is C7H10N2O. The Bertz CT molecular complexity index is 154. The van der Waals surface area contributed by atoms with E-state index in [4.69, 9.17) is 15.3 Å². The summed E-state index contributed by atoms with van der Waals surface area (Å²) in [5, 5.41) is 16.4. The first-order valence-electron chi connectivity index (χ1n) is 3.11. The van der Waals surface area contributed by atoms with Gasteiger partial charge in [-0.3, -0.25) is 0 Å². The second kappa shape index (κ2) is 6.07. The third-order valence-corrected chi connectivity index (χ3v) is 1.23. The first-order valence-corrected chi connectivity index (χ1v) is 3.11. The highest BCUT2D eigenvalue weighted by molar-refractivity contribution is 4.79. The molecule has 0 bridgehead atoms. The molecule has 3 heteroatoms. The van der Waals surface area contributed by atoms with E-state index in [0.29, 0.717) is 19.3 Å². The summed E-state index contributed by atoms with van der Waals surface area (Å²) in [6.07, 6.45) is 1.42. The van der Waals surface area contributed by atoms with Gasteiger partial charge >= 0.3 is 0 Å². The van der Waals surface area contributed by atoms with Crippen LogP contribution in [0.3, 0.4) is 0 Å². The van der Waals surface area contributed by atoms with Gasteiger partial charge in [0.2, 0.25) is 0 Å². The van der Waals surface area contributed by atoms with E-state index in [1.54, 1.807) is 7.11 Å². The summed E-state index contributed by atoms with van der Waals surface area (Å²) in [4.78, 5) is 0. The van der Waals surface area contributed by atoms with E-state index in [1.165, 1.54) is 0 Å². The molecule has 0 saturated carbocycles. The number of nitrogens with zero attached hydrogens (tertiary/aromatic N) is 2. The lowest BCUT2D eigenvalue weighted by atomic mass is 10.1. The molecule has 0 rings (SSSR count). The van der Waals surface area contributed by atoms with Gasteiger partial charge in [-0.05, 0) is 6.42 Å². The van der Waals surface area contributed by atoms with Crippen LogP contribution >= 0.6 is 0 Å². The zero-order valence-corrected chi connectivity index (χ0v) is 6.00. The van der Waals surface area contributed by atoms with Gasteiger partial charge < -0.3 is 4.74 Å². The number of methoxy groups -OCH3 is 1. The van der Waals surface area contributed by atoms with Gasteiger partial charge in [0.15, 0.2) is 0 Å². The molecule has 0 spiro atoms. The van der Waals surface area contributed by atoms with Crippen LogP contribution in [0.1, 0.15) is 19.3 Å². The van der Waals surface area contributed by atoms with Crippen molar-refractivity contribution in [3.05, 3.63) is 0 Å². The predicted octanol–water partition coefficient (Wildman–Crippen LogP) is 1.22. The number of nitriles is 2. The summed E-state index contributed by atoms with van der Waals surface area (Å²) < 4.78 is 4.92. The Morgan fingerprint density at radius 3 is 2.50 bits per heavy atom. The van der Waals surface area contributed by atoms with E-state index >= 15 is 0 Å². The van der Waals surface area contributed by atoms with Crippen molar-refractivity contribution in [3.8, 4) is 12.1 Å². The molecule has 0 amide bonds. The molecule has 3 nitrogen and oxygen atoms in total. The zero-order valence-electron chi connectivity index (χ0n) is 6.00. The number of hydrogen-bond acceptors (Lipinski definition) is 3. The molecule has 10 heavy (non-hydrogen) atoms. The van der Waals surface area contributed by atoms with Crippen molar-refractivity contribution in [3.63, 3.8) is 0 Å². The molecule has 0 radical (unpaired) electrons. The lowest BCUT2D eigenvalue weighted by Crippen LogP contribution is -2.08. The Morgan fingerprint density at radius 2 is 2.10 bits per heavy atom. The monoisotopic (exact) mass is 138 g/mol. The topological polar surface area (TPSA) is 56.8 Å². The SMILES string of the molecule is CO[C@@H](CC#N)CCC#N.